The summed E-state index contributed by atoms with van der Waals surface area (Å²) in [6.07, 6.45) is 9.77. The normalized spacial score (nSPS) is 24.9. The van der Waals surface area contributed by atoms with Crippen LogP contribution in [0.1, 0.15) is 65.2 Å². The van der Waals surface area contributed by atoms with Crippen molar-refractivity contribution in [2.24, 2.45) is 5.92 Å². The van der Waals surface area contributed by atoms with Gasteiger partial charge in [0.05, 0.1) is 0 Å². The smallest absolute Gasteiger partial charge is 0.223 e. The molecule has 1 heterocycles. The number of carbonyl (C=O) groups is 1. The highest BCUT2D eigenvalue weighted by atomic mass is 16.2. The van der Waals surface area contributed by atoms with Gasteiger partial charge in [-0.2, -0.15) is 0 Å². The van der Waals surface area contributed by atoms with E-state index < -0.39 is 0 Å². The Morgan fingerprint density at radius 1 is 1.16 bits per heavy atom. The Balaban J connectivity index is 1.84. The largest absolute Gasteiger partial charge is 0.339 e. The van der Waals surface area contributed by atoms with Crippen LogP contribution in [0.25, 0.3) is 0 Å². The fraction of sp³-hybridized carbons (Fsp3) is 0.938. The van der Waals surface area contributed by atoms with Crippen LogP contribution in [0, 0.1) is 5.92 Å². The zero-order valence-corrected chi connectivity index (χ0v) is 12.7. The molecular weight excluding hydrogens is 236 g/mol. The van der Waals surface area contributed by atoms with Crippen LogP contribution in [0.4, 0.5) is 0 Å². The van der Waals surface area contributed by atoms with Crippen molar-refractivity contribution in [2.75, 3.05) is 13.1 Å². The summed E-state index contributed by atoms with van der Waals surface area (Å²) >= 11 is 0. The van der Waals surface area contributed by atoms with Crippen LogP contribution in [0.15, 0.2) is 0 Å². The molecule has 1 saturated heterocycles. The molecule has 1 amide bonds. The highest BCUT2D eigenvalue weighted by molar-refractivity contribution is 5.76. The first kappa shape index (κ1) is 14.8. The van der Waals surface area contributed by atoms with Gasteiger partial charge in [0.1, 0.15) is 0 Å². The Hall–Kier alpha value is -0.570. The Bertz CT molecular complexity index is 278. The summed E-state index contributed by atoms with van der Waals surface area (Å²) in [5.74, 6) is 1.04. The molecule has 0 aromatic heterocycles. The van der Waals surface area contributed by atoms with E-state index in [1.54, 1.807) is 0 Å². The molecule has 0 spiro atoms. The summed E-state index contributed by atoms with van der Waals surface area (Å²) in [6.45, 7) is 6.32. The summed E-state index contributed by atoms with van der Waals surface area (Å²) in [5, 5.41) is 3.56. The summed E-state index contributed by atoms with van der Waals surface area (Å²) < 4.78 is 0. The van der Waals surface area contributed by atoms with Crippen molar-refractivity contribution in [1.82, 2.24) is 10.2 Å². The molecule has 0 aromatic rings. The van der Waals surface area contributed by atoms with Crippen LogP contribution in [-0.2, 0) is 4.79 Å². The van der Waals surface area contributed by atoms with E-state index in [4.69, 9.17) is 0 Å². The maximum absolute atomic E-state index is 12.5. The van der Waals surface area contributed by atoms with Gasteiger partial charge in [0.25, 0.3) is 0 Å². The van der Waals surface area contributed by atoms with Crippen molar-refractivity contribution in [1.29, 1.82) is 0 Å². The zero-order chi connectivity index (χ0) is 13.7. The van der Waals surface area contributed by atoms with E-state index in [0.29, 0.717) is 23.9 Å². The van der Waals surface area contributed by atoms with Gasteiger partial charge in [-0.05, 0) is 52.0 Å². The average Bonchev–Trinajstić information content (AvgIpc) is 2.89. The SMILES string of the molecule is CC(C)N(CC1CCCCN1)C(=O)CC1CCCC1. The summed E-state index contributed by atoms with van der Waals surface area (Å²) in [4.78, 5) is 14.6. The lowest BCUT2D eigenvalue weighted by atomic mass is 10.0. The number of hydrogen-bond donors (Lipinski definition) is 1. The third-order valence-corrected chi connectivity index (χ3v) is 4.71. The lowest BCUT2D eigenvalue weighted by molar-refractivity contribution is -0.134. The van der Waals surface area contributed by atoms with E-state index in [-0.39, 0.29) is 0 Å². The first-order valence-corrected chi connectivity index (χ1v) is 8.19. The van der Waals surface area contributed by atoms with Crippen molar-refractivity contribution in [3.63, 3.8) is 0 Å². The second-order valence-electron chi connectivity index (χ2n) is 6.64. The zero-order valence-electron chi connectivity index (χ0n) is 12.7. The van der Waals surface area contributed by atoms with Crippen molar-refractivity contribution in [2.45, 2.75) is 77.3 Å². The van der Waals surface area contributed by atoms with Crippen LogP contribution in [0.5, 0.6) is 0 Å². The van der Waals surface area contributed by atoms with E-state index in [1.165, 1.54) is 44.9 Å². The number of nitrogens with zero attached hydrogens (tertiary/aromatic N) is 1. The molecule has 1 aliphatic carbocycles. The third kappa shape index (κ3) is 4.48. The fourth-order valence-corrected chi connectivity index (χ4v) is 3.50. The number of rotatable bonds is 5. The molecule has 110 valence electrons. The van der Waals surface area contributed by atoms with E-state index in [0.717, 1.165) is 19.5 Å². The topological polar surface area (TPSA) is 32.3 Å². The van der Waals surface area contributed by atoms with Gasteiger partial charge in [0, 0.05) is 25.0 Å². The minimum Gasteiger partial charge on any atom is -0.339 e. The summed E-state index contributed by atoms with van der Waals surface area (Å²) in [5.41, 5.74) is 0. The van der Waals surface area contributed by atoms with Gasteiger partial charge in [-0.25, -0.2) is 0 Å². The standard InChI is InChI=1S/C16H30N2O/c1-13(2)18(12-15-9-5-6-10-17-15)16(19)11-14-7-3-4-8-14/h13-15,17H,3-12H2,1-2H3. The Morgan fingerprint density at radius 3 is 2.42 bits per heavy atom. The van der Waals surface area contributed by atoms with Crippen molar-refractivity contribution in [3.8, 4) is 0 Å². The lowest BCUT2D eigenvalue weighted by Crippen LogP contribution is -2.48. The van der Waals surface area contributed by atoms with Gasteiger partial charge in [-0.3, -0.25) is 4.79 Å². The van der Waals surface area contributed by atoms with Crippen LogP contribution in [0.2, 0.25) is 0 Å². The minimum absolute atomic E-state index is 0.331. The third-order valence-electron chi connectivity index (χ3n) is 4.71. The van der Waals surface area contributed by atoms with E-state index in [9.17, 15) is 4.79 Å². The molecule has 1 aliphatic heterocycles. The Labute approximate surface area is 118 Å². The molecule has 0 bridgehead atoms. The van der Waals surface area contributed by atoms with Crippen molar-refractivity contribution in [3.05, 3.63) is 0 Å². The molecule has 0 radical (unpaired) electrons. The van der Waals surface area contributed by atoms with Gasteiger partial charge < -0.3 is 10.2 Å². The molecule has 1 saturated carbocycles. The first-order chi connectivity index (χ1) is 9.16. The maximum Gasteiger partial charge on any atom is 0.223 e. The first-order valence-electron chi connectivity index (χ1n) is 8.19. The predicted octanol–water partition coefficient (Wildman–Crippen LogP) is 2.95. The highest BCUT2D eigenvalue weighted by Gasteiger charge is 2.26. The number of nitrogens with one attached hydrogen (secondary N) is 1. The maximum atomic E-state index is 12.5. The van der Waals surface area contributed by atoms with Crippen LogP contribution < -0.4 is 5.32 Å². The quantitative estimate of drug-likeness (QED) is 0.830. The molecule has 1 unspecified atom stereocenters. The summed E-state index contributed by atoms with van der Waals surface area (Å²) in [7, 11) is 0. The van der Waals surface area contributed by atoms with E-state index >= 15 is 0 Å². The fourth-order valence-electron chi connectivity index (χ4n) is 3.50. The molecule has 2 aliphatic rings. The molecule has 2 rings (SSSR count). The molecule has 1 N–H and O–H groups in total. The molecule has 19 heavy (non-hydrogen) atoms. The number of hydrogen-bond acceptors (Lipinski definition) is 2. The van der Waals surface area contributed by atoms with Crippen LogP contribution >= 0.6 is 0 Å². The van der Waals surface area contributed by atoms with Crippen molar-refractivity contribution < 1.29 is 4.79 Å². The number of carbonyl (C=O) groups excluding carboxylic acids is 1. The Kier molecular flexibility index (Phi) is 5.68. The molecule has 1 atom stereocenters. The second kappa shape index (κ2) is 7.28. The molecule has 2 fully saturated rings. The summed E-state index contributed by atoms with van der Waals surface area (Å²) in [6, 6.07) is 0.848. The lowest BCUT2D eigenvalue weighted by Gasteiger charge is -2.34. The molecular formula is C16H30N2O. The predicted molar refractivity (Wildman–Crippen MR) is 79.1 cm³/mol. The monoisotopic (exact) mass is 266 g/mol. The van der Waals surface area contributed by atoms with Crippen LogP contribution in [-0.4, -0.2) is 36.0 Å². The number of piperidine rings is 1. The van der Waals surface area contributed by atoms with Gasteiger partial charge in [-0.1, -0.05) is 19.3 Å². The molecule has 3 nitrogen and oxygen atoms in total. The minimum atomic E-state index is 0.331. The molecule has 0 aromatic carbocycles. The van der Waals surface area contributed by atoms with Crippen LogP contribution in [0.3, 0.4) is 0 Å². The average molecular weight is 266 g/mol. The van der Waals surface area contributed by atoms with Gasteiger partial charge in [0.2, 0.25) is 5.91 Å². The Morgan fingerprint density at radius 2 is 1.84 bits per heavy atom. The van der Waals surface area contributed by atoms with Gasteiger partial charge >= 0.3 is 0 Å². The van der Waals surface area contributed by atoms with E-state index in [1.807, 2.05) is 0 Å². The van der Waals surface area contributed by atoms with Crippen molar-refractivity contribution >= 4 is 5.91 Å². The highest BCUT2D eigenvalue weighted by Crippen LogP contribution is 2.28. The van der Waals surface area contributed by atoms with Gasteiger partial charge in [0.15, 0.2) is 0 Å². The van der Waals surface area contributed by atoms with E-state index in [2.05, 4.69) is 24.1 Å². The second-order valence-corrected chi connectivity index (χ2v) is 6.64. The molecule has 3 heteroatoms. The van der Waals surface area contributed by atoms with Gasteiger partial charge in [-0.15, -0.1) is 0 Å². The number of amides is 1.